The normalized spacial score (nSPS) is 12.9. The van der Waals surface area contributed by atoms with E-state index in [4.69, 9.17) is 9.84 Å². The molecule has 9 heteroatoms. The minimum Gasteiger partial charge on any atom is -0.481 e. The number of carbonyl (C=O) groups excluding carboxylic acids is 2. The van der Waals surface area contributed by atoms with Crippen LogP contribution in [0.1, 0.15) is 47.9 Å². The van der Waals surface area contributed by atoms with Crippen molar-refractivity contribution in [3.8, 4) is 11.1 Å². The molecule has 2 amide bonds. The topological polar surface area (TPSA) is 123 Å². The Kier molecular flexibility index (Phi) is 7.45. The molecule has 0 bridgehead atoms. The molecule has 1 aliphatic rings. The molecule has 2 aromatic carbocycles. The number of hydrogen-bond acceptors (Lipinski definition) is 5. The van der Waals surface area contributed by atoms with Gasteiger partial charge in [-0.2, -0.15) is 5.10 Å². The summed E-state index contributed by atoms with van der Waals surface area (Å²) in [5.41, 5.74) is 4.98. The first kappa shape index (κ1) is 24.0. The van der Waals surface area contributed by atoms with Crippen molar-refractivity contribution >= 4 is 18.0 Å². The van der Waals surface area contributed by atoms with Crippen LogP contribution in [0, 0.1) is 0 Å². The summed E-state index contributed by atoms with van der Waals surface area (Å²) < 4.78 is 7.14. The second-order valence-corrected chi connectivity index (χ2v) is 8.49. The fourth-order valence-electron chi connectivity index (χ4n) is 4.36. The van der Waals surface area contributed by atoms with Crippen molar-refractivity contribution in [3.05, 3.63) is 77.6 Å². The molecule has 0 fully saturated rings. The van der Waals surface area contributed by atoms with Crippen molar-refractivity contribution in [3.63, 3.8) is 0 Å². The zero-order valence-electron chi connectivity index (χ0n) is 19.4. The third kappa shape index (κ3) is 5.68. The number of rotatable bonds is 10. The molecular formula is C26H28N4O5. The number of ether oxygens (including phenoxy) is 1. The number of nitrogens with one attached hydrogen (secondary N) is 2. The molecule has 182 valence electrons. The predicted octanol–water partition coefficient (Wildman–Crippen LogP) is 3.37. The number of hydrogen-bond donors (Lipinski definition) is 3. The van der Waals surface area contributed by atoms with Gasteiger partial charge in [-0.3, -0.25) is 14.3 Å². The minimum atomic E-state index is -0.987. The van der Waals surface area contributed by atoms with Gasteiger partial charge in [0.1, 0.15) is 12.6 Å². The van der Waals surface area contributed by atoms with Crippen molar-refractivity contribution in [2.24, 2.45) is 7.05 Å². The van der Waals surface area contributed by atoms with Crippen LogP contribution in [0.2, 0.25) is 0 Å². The Labute approximate surface area is 203 Å². The molecule has 3 aromatic rings. The summed E-state index contributed by atoms with van der Waals surface area (Å²) in [5, 5.41) is 18.2. The molecule has 4 rings (SSSR count). The van der Waals surface area contributed by atoms with E-state index < -0.39 is 24.0 Å². The molecule has 1 aliphatic carbocycles. The van der Waals surface area contributed by atoms with Crippen LogP contribution in [0.5, 0.6) is 0 Å². The van der Waals surface area contributed by atoms with Crippen LogP contribution < -0.4 is 10.6 Å². The molecule has 0 saturated carbocycles. The van der Waals surface area contributed by atoms with Crippen LogP contribution in [0.3, 0.4) is 0 Å². The third-order valence-electron chi connectivity index (χ3n) is 6.04. The van der Waals surface area contributed by atoms with Crippen molar-refractivity contribution < 1.29 is 24.2 Å². The number of carboxylic acids is 1. The maximum absolute atomic E-state index is 12.8. The number of fused-ring (bicyclic) bond motifs is 3. The third-order valence-corrected chi connectivity index (χ3v) is 6.04. The number of aliphatic carboxylic acids is 1. The SMILES string of the molecule is Cn1cc(C(NC(=O)OCC2c3ccccc3-c3ccccc32)C(=O)NCCCCC(=O)O)cn1. The highest BCUT2D eigenvalue weighted by Gasteiger charge is 2.30. The lowest BCUT2D eigenvalue weighted by molar-refractivity contribution is -0.137. The first-order valence-electron chi connectivity index (χ1n) is 11.5. The van der Waals surface area contributed by atoms with Gasteiger partial charge in [-0.25, -0.2) is 4.79 Å². The molecular weight excluding hydrogens is 448 g/mol. The fourth-order valence-corrected chi connectivity index (χ4v) is 4.36. The number of carboxylic acid groups (broad SMARTS) is 1. The Morgan fingerprint density at radius 1 is 1.06 bits per heavy atom. The Bertz CT molecular complexity index is 1180. The van der Waals surface area contributed by atoms with E-state index in [1.54, 1.807) is 17.9 Å². The first-order valence-corrected chi connectivity index (χ1v) is 11.5. The zero-order valence-corrected chi connectivity index (χ0v) is 19.4. The highest BCUT2D eigenvalue weighted by atomic mass is 16.5. The van der Waals surface area contributed by atoms with Gasteiger partial charge in [0.2, 0.25) is 5.91 Å². The highest BCUT2D eigenvalue weighted by Crippen LogP contribution is 2.44. The Morgan fingerprint density at radius 3 is 2.31 bits per heavy atom. The maximum Gasteiger partial charge on any atom is 0.408 e. The van der Waals surface area contributed by atoms with Gasteiger partial charge in [0.15, 0.2) is 0 Å². The van der Waals surface area contributed by atoms with Gasteiger partial charge in [0.25, 0.3) is 0 Å². The number of carbonyl (C=O) groups is 3. The number of amides is 2. The lowest BCUT2D eigenvalue weighted by Crippen LogP contribution is -2.41. The summed E-state index contributed by atoms with van der Waals surface area (Å²) in [6, 6.07) is 15.1. The number of alkyl carbamates (subject to hydrolysis) is 1. The van der Waals surface area contributed by atoms with E-state index in [0.29, 0.717) is 24.9 Å². The maximum atomic E-state index is 12.8. The second kappa shape index (κ2) is 10.9. The number of unbranched alkanes of at least 4 members (excludes halogenated alkanes) is 1. The Morgan fingerprint density at radius 2 is 1.71 bits per heavy atom. The quantitative estimate of drug-likeness (QED) is 0.386. The summed E-state index contributed by atoms with van der Waals surface area (Å²) >= 11 is 0. The zero-order chi connectivity index (χ0) is 24.8. The van der Waals surface area contributed by atoms with E-state index in [9.17, 15) is 14.4 Å². The van der Waals surface area contributed by atoms with Crippen LogP contribution in [-0.4, -0.2) is 46.0 Å². The molecule has 3 N–H and O–H groups in total. The monoisotopic (exact) mass is 476 g/mol. The molecule has 9 nitrogen and oxygen atoms in total. The molecule has 0 saturated heterocycles. The van der Waals surface area contributed by atoms with Crippen LogP contribution >= 0.6 is 0 Å². The molecule has 0 aliphatic heterocycles. The van der Waals surface area contributed by atoms with Crippen molar-refractivity contribution in [2.45, 2.75) is 31.2 Å². The summed E-state index contributed by atoms with van der Waals surface area (Å²) in [7, 11) is 1.72. The number of benzene rings is 2. The molecule has 0 radical (unpaired) electrons. The second-order valence-electron chi connectivity index (χ2n) is 8.49. The van der Waals surface area contributed by atoms with Gasteiger partial charge in [0, 0.05) is 37.7 Å². The Hall–Kier alpha value is -4.14. The van der Waals surface area contributed by atoms with Crippen molar-refractivity contribution in [1.82, 2.24) is 20.4 Å². The van der Waals surface area contributed by atoms with Crippen LogP contribution in [0.4, 0.5) is 4.79 Å². The lowest BCUT2D eigenvalue weighted by Gasteiger charge is -2.19. The first-order chi connectivity index (χ1) is 16.9. The van der Waals surface area contributed by atoms with Crippen LogP contribution in [0.15, 0.2) is 60.9 Å². The van der Waals surface area contributed by atoms with Gasteiger partial charge < -0.3 is 20.5 Å². The highest BCUT2D eigenvalue weighted by molar-refractivity contribution is 5.87. The van der Waals surface area contributed by atoms with Crippen LogP contribution in [0.25, 0.3) is 11.1 Å². The van der Waals surface area contributed by atoms with Crippen LogP contribution in [-0.2, 0) is 21.4 Å². The van der Waals surface area contributed by atoms with Gasteiger partial charge in [-0.1, -0.05) is 48.5 Å². The number of aryl methyl sites for hydroxylation is 1. The molecule has 1 heterocycles. The number of nitrogens with zero attached hydrogens (tertiary/aromatic N) is 2. The summed E-state index contributed by atoms with van der Waals surface area (Å²) in [4.78, 5) is 36.3. The van der Waals surface area contributed by atoms with Crippen molar-refractivity contribution in [2.75, 3.05) is 13.2 Å². The van der Waals surface area contributed by atoms with Crippen molar-refractivity contribution in [1.29, 1.82) is 0 Å². The lowest BCUT2D eigenvalue weighted by atomic mass is 9.98. The van der Waals surface area contributed by atoms with Gasteiger partial charge in [-0.15, -0.1) is 0 Å². The van der Waals surface area contributed by atoms with E-state index in [2.05, 4.69) is 27.9 Å². The number of aromatic nitrogens is 2. The smallest absolute Gasteiger partial charge is 0.408 e. The summed E-state index contributed by atoms with van der Waals surface area (Å²) in [6.45, 7) is 0.436. The predicted molar refractivity (Wildman–Crippen MR) is 129 cm³/mol. The van der Waals surface area contributed by atoms with Gasteiger partial charge in [0.05, 0.1) is 6.20 Å². The standard InChI is InChI=1S/C26H28N4O5/c1-30-15-17(14-28-30)24(25(33)27-13-7-6-12-23(31)32)29-26(34)35-16-22-20-10-4-2-8-18(20)19-9-3-5-11-21(19)22/h2-5,8-11,14-15,22,24H,6-7,12-13,16H2,1H3,(H,27,33)(H,29,34)(H,31,32). The summed E-state index contributed by atoms with van der Waals surface area (Å²) in [6.07, 6.45) is 3.47. The average molecular weight is 477 g/mol. The molecule has 1 aromatic heterocycles. The fraction of sp³-hybridized carbons (Fsp3) is 0.308. The minimum absolute atomic E-state index is 0.0416. The van der Waals surface area contributed by atoms with E-state index in [1.807, 2.05) is 36.4 Å². The molecule has 35 heavy (non-hydrogen) atoms. The van der Waals surface area contributed by atoms with E-state index >= 15 is 0 Å². The van der Waals surface area contributed by atoms with E-state index in [0.717, 1.165) is 22.3 Å². The van der Waals surface area contributed by atoms with Gasteiger partial charge >= 0.3 is 12.1 Å². The van der Waals surface area contributed by atoms with E-state index in [1.165, 1.54) is 6.20 Å². The molecule has 0 spiro atoms. The molecule has 1 unspecified atom stereocenters. The Balaban J connectivity index is 1.39. The van der Waals surface area contributed by atoms with E-state index in [-0.39, 0.29) is 18.9 Å². The molecule has 1 atom stereocenters. The largest absolute Gasteiger partial charge is 0.481 e. The summed E-state index contributed by atoms with van der Waals surface area (Å²) in [5.74, 6) is -1.38. The average Bonchev–Trinajstić information content (AvgIpc) is 3.42. The van der Waals surface area contributed by atoms with Gasteiger partial charge in [-0.05, 0) is 35.1 Å².